The van der Waals surface area contributed by atoms with Gasteiger partial charge in [0.2, 0.25) is 0 Å². The molecule has 1 heterocycles. The highest BCUT2D eigenvalue weighted by Crippen LogP contribution is 2.51. The summed E-state index contributed by atoms with van der Waals surface area (Å²) in [7, 11) is 0. The first kappa shape index (κ1) is 12.4. The van der Waals surface area contributed by atoms with Crippen molar-refractivity contribution in [1.29, 1.82) is 0 Å². The summed E-state index contributed by atoms with van der Waals surface area (Å²) in [6.07, 6.45) is 7.69. The van der Waals surface area contributed by atoms with E-state index in [0.717, 1.165) is 31.3 Å². The molecule has 2 atom stereocenters. The van der Waals surface area contributed by atoms with Gasteiger partial charge in [-0.15, -0.1) is 0 Å². The Balaban J connectivity index is 2.04. The van der Waals surface area contributed by atoms with Crippen molar-refractivity contribution < 1.29 is 9.84 Å². The summed E-state index contributed by atoms with van der Waals surface area (Å²) in [6.45, 7) is 5.72. The van der Waals surface area contributed by atoms with Crippen LogP contribution in [-0.2, 0) is 4.74 Å². The van der Waals surface area contributed by atoms with E-state index in [0.29, 0.717) is 12.7 Å². The number of hydrogen-bond donors (Lipinski definition) is 1. The van der Waals surface area contributed by atoms with Gasteiger partial charge in [-0.3, -0.25) is 0 Å². The SMILES string of the molecule is CCC(CC)CC1(CO)CCOC1C1CC1. The maximum absolute atomic E-state index is 9.82. The largest absolute Gasteiger partial charge is 0.396 e. The third-order valence-corrected chi connectivity index (χ3v) is 4.72. The zero-order valence-electron chi connectivity index (χ0n) is 10.7. The Morgan fingerprint density at radius 3 is 2.50 bits per heavy atom. The van der Waals surface area contributed by atoms with Crippen molar-refractivity contribution in [2.45, 2.75) is 58.5 Å². The summed E-state index contributed by atoms with van der Waals surface area (Å²) in [4.78, 5) is 0. The monoisotopic (exact) mass is 226 g/mol. The molecule has 2 unspecified atom stereocenters. The number of rotatable bonds is 6. The van der Waals surface area contributed by atoms with Gasteiger partial charge in [0.25, 0.3) is 0 Å². The molecule has 1 saturated heterocycles. The van der Waals surface area contributed by atoms with Gasteiger partial charge in [0.15, 0.2) is 0 Å². The zero-order valence-corrected chi connectivity index (χ0v) is 10.7. The molecule has 0 amide bonds. The summed E-state index contributed by atoms with van der Waals surface area (Å²) in [5, 5.41) is 9.82. The zero-order chi connectivity index (χ0) is 11.6. The van der Waals surface area contributed by atoms with E-state index in [4.69, 9.17) is 4.74 Å². The fraction of sp³-hybridized carbons (Fsp3) is 1.00. The summed E-state index contributed by atoms with van der Waals surface area (Å²) in [5.74, 6) is 1.51. The van der Waals surface area contributed by atoms with Crippen molar-refractivity contribution >= 4 is 0 Å². The van der Waals surface area contributed by atoms with Crippen LogP contribution in [0.3, 0.4) is 0 Å². The lowest BCUT2D eigenvalue weighted by atomic mass is 9.72. The molecular formula is C14H26O2. The van der Waals surface area contributed by atoms with Gasteiger partial charge in [-0.2, -0.15) is 0 Å². The number of hydrogen-bond acceptors (Lipinski definition) is 2. The Morgan fingerprint density at radius 1 is 1.31 bits per heavy atom. The lowest BCUT2D eigenvalue weighted by Crippen LogP contribution is -2.38. The Kier molecular flexibility index (Phi) is 3.91. The van der Waals surface area contributed by atoms with E-state index in [1.54, 1.807) is 0 Å². The lowest BCUT2D eigenvalue weighted by Gasteiger charge is -2.35. The normalized spacial score (nSPS) is 34.9. The first-order chi connectivity index (χ1) is 7.75. The summed E-state index contributed by atoms with van der Waals surface area (Å²) < 4.78 is 5.91. The van der Waals surface area contributed by atoms with Gasteiger partial charge in [0.05, 0.1) is 12.7 Å². The van der Waals surface area contributed by atoms with E-state index in [1.807, 2.05) is 0 Å². The molecule has 0 spiro atoms. The molecular weight excluding hydrogens is 200 g/mol. The molecule has 94 valence electrons. The molecule has 1 aliphatic carbocycles. The molecule has 1 aliphatic heterocycles. The average molecular weight is 226 g/mol. The van der Waals surface area contributed by atoms with Gasteiger partial charge >= 0.3 is 0 Å². The van der Waals surface area contributed by atoms with Gasteiger partial charge in [-0.1, -0.05) is 26.7 Å². The predicted octanol–water partition coefficient (Wildman–Crippen LogP) is 2.99. The van der Waals surface area contributed by atoms with E-state index >= 15 is 0 Å². The first-order valence-corrected chi connectivity index (χ1v) is 6.98. The molecule has 1 N–H and O–H groups in total. The second-order valence-electron chi connectivity index (χ2n) is 5.79. The molecule has 2 fully saturated rings. The van der Waals surface area contributed by atoms with Crippen LogP contribution in [0.5, 0.6) is 0 Å². The molecule has 2 rings (SSSR count). The van der Waals surface area contributed by atoms with Crippen LogP contribution in [0.25, 0.3) is 0 Å². The summed E-state index contributed by atoms with van der Waals surface area (Å²) in [6, 6.07) is 0. The smallest absolute Gasteiger partial charge is 0.0682 e. The Labute approximate surface area is 99.4 Å². The van der Waals surface area contributed by atoms with E-state index in [1.165, 1.54) is 25.7 Å². The fourth-order valence-corrected chi connectivity index (χ4v) is 3.35. The maximum Gasteiger partial charge on any atom is 0.0682 e. The van der Waals surface area contributed by atoms with Crippen LogP contribution >= 0.6 is 0 Å². The van der Waals surface area contributed by atoms with Crippen LogP contribution in [0.15, 0.2) is 0 Å². The van der Waals surface area contributed by atoms with Gasteiger partial charge in [0, 0.05) is 12.0 Å². The maximum atomic E-state index is 9.82. The lowest BCUT2D eigenvalue weighted by molar-refractivity contribution is -0.0136. The Hall–Kier alpha value is -0.0800. The van der Waals surface area contributed by atoms with E-state index in [9.17, 15) is 5.11 Å². The molecule has 0 aromatic rings. The summed E-state index contributed by atoms with van der Waals surface area (Å²) >= 11 is 0. The summed E-state index contributed by atoms with van der Waals surface area (Å²) in [5.41, 5.74) is 0.0951. The molecule has 0 radical (unpaired) electrons. The molecule has 0 aromatic heterocycles. The highest BCUT2D eigenvalue weighted by Gasteiger charge is 2.50. The topological polar surface area (TPSA) is 29.5 Å². The van der Waals surface area contributed by atoms with E-state index in [-0.39, 0.29) is 5.41 Å². The molecule has 2 aliphatic rings. The quantitative estimate of drug-likeness (QED) is 0.754. The molecule has 16 heavy (non-hydrogen) atoms. The fourth-order valence-electron chi connectivity index (χ4n) is 3.35. The van der Waals surface area contributed by atoms with Crippen molar-refractivity contribution in [3.05, 3.63) is 0 Å². The minimum atomic E-state index is 0.0951. The second-order valence-corrected chi connectivity index (χ2v) is 5.79. The number of aliphatic hydroxyl groups is 1. The van der Waals surface area contributed by atoms with Crippen molar-refractivity contribution in [2.24, 2.45) is 17.3 Å². The standard InChI is InChI=1S/C14H26O2/c1-3-11(4-2)9-14(10-15)7-8-16-13(14)12-5-6-12/h11-13,15H,3-10H2,1-2H3. The molecule has 0 aromatic carbocycles. The van der Waals surface area contributed by atoms with Gasteiger partial charge in [0.1, 0.15) is 0 Å². The van der Waals surface area contributed by atoms with Crippen LogP contribution < -0.4 is 0 Å². The van der Waals surface area contributed by atoms with Gasteiger partial charge in [-0.05, 0) is 37.5 Å². The van der Waals surface area contributed by atoms with Crippen LogP contribution in [0.2, 0.25) is 0 Å². The number of aliphatic hydroxyl groups excluding tert-OH is 1. The van der Waals surface area contributed by atoms with Crippen LogP contribution in [0.4, 0.5) is 0 Å². The second kappa shape index (κ2) is 5.05. The minimum Gasteiger partial charge on any atom is -0.396 e. The third-order valence-electron chi connectivity index (χ3n) is 4.72. The minimum absolute atomic E-state index is 0.0951. The predicted molar refractivity (Wildman–Crippen MR) is 65.3 cm³/mol. The highest BCUT2D eigenvalue weighted by atomic mass is 16.5. The van der Waals surface area contributed by atoms with Gasteiger partial charge in [-0.25, -0.2) is 0 Å². The van der Waals surface area contributed by atoms with Crippen molar-refractivity contribution in [3.8, 4) is 0 Å². The Morgan fingerprint density at radius 2 is 2.00 bits per heavy atom. The van der Waals surface area contributed by atoms with E-state index < -0.39 is 0 Å². The van der Waals surface area contributed by atoms with Crippen molar-refractivity contribution in [3.63, 3.8) is 0 Å². The van der Waals surface area contributed by atoms with E-state index in [2.05, 4.69) is 13.8 Å². The third kappa shape index (κ3) is 2.28. The number of ether oxygens (including phenoxy) is 1. The average Bonchev–Trinajstić information content (AvgIpc) is 3.08. The highest BCUT2D eigenvalue weighted by molar-refractivity contribution is 4.99. The van der Waals surface area contributed by atoms with Crippen molar-refractivity contribution in [2.75, 3.05) is 13.2 Å². The van der Waals surface area contributed by atoms with Crippen LogP contribution in [-0.4, -0.2) is 24.4 Å². The molecule has 2 nitrogen and oxygen atoms in total. The first-order valence-electron chi connectivity index (χ1n) is 6.98. The van der Waals surface area contributed by atoms with Crippen LogP contribution in [0.1, 0.15) is 52.4 Å². The molecule has 2 heteroatoms. The van der Waals surface area contributed by atoms with Crippen molar-refractivity contribution in [1.82, 2.24) is 0 Å². The van der Waals surface area contributed by atoms with Crippen LogP contribution in [0, 0.1) is 17.3 Å². The van der Waals surface area contributed by atoms with Gasteiger partial charge < -0.3 is 9.84 Å². The molecule has 0 bridgehead atoms. The Bertz CT molecular complexity index is 221. The molecule has 1 saturated carbocycles.